The van der Waals surface area contributed by atoms with E-state index in [2.05, 4.69) is 28.9 Å². The maximum Gasteiger partial charge on any atom is 0.185 e. The normalized spacial score (nSPS) is 23.6. The van der Waals surface area contributed by atoms with E-state index in [0.29, 0.717) is 6.04 Å². The van der Waals surface area contributed by atoms with E-state index in [1.165, 1.54) is 19.4 Å². The van der Waals surface area contributed by atoms with Gasteiger partial charge in [0, 0.05) is 25.8 Å². The molecule has 0 amide bonds. The number of aliphatic hydroxyl groups excluding tert-OH is 1. The molecule has 5 heteroatoms. The van der Waals surface area contributed by atoms with Crippen molar-refractivity contribution < 1.29 is 5.11 Å². The summed E-state index contributed by atoms with van der Waals surface area (Å²) in [6.45, 7) is 4.08. The zero-order valence-electron chi connectivity index (χ0n) is 10.8. The molecule has 2 atom stereocenters. The maximum absolute atomic E-state index is 9.51. The van der Waals surface area contributed by atoms with Gasteiger partial charge < -0.3 is 14.9 Å². The Balaban J connectivity index is 2.04. The molecule has 2 rings (SSSR count). The Morgan fingerprint density at radius 3 is 3.00 bits per heavy atom. The predicted molar refractivity (Wildman–Crippen MR) is 71.7 cm³/mol. The second-order valence-corrected chi connectivity index (χ2v) is 5.93. The van der Waals surface area contributed by atoms with Crippen LogP contribution in [-0.4, -0.2) is 48.2 Å². The van der Waals surface area contributed by atoms with Gasteiger partial charge >= 0.3 is 0 Å². The van der Waals surface area contributed by atoms with Crippen LogP contribution in [-0.2, 0) is 0 Å². The number of thiazole rings is 1. The topological polar surface area (TPSA) is 39.6 Å². The molecule has 2 heterocycles. The molecule has 0 saturated carbocycles. The van der Waals surface area contributed by atoms with Gasteiger partial charge in [-0.15, -0.1) is 0 Å². The number of piperidine rings is 1. The minimum atomic E-state index is -0.413. The van der Waals surface area contributed by atoms with E-state index in [9.17, 15) is 5.11 Å². The summed E-state index contributed by atoms with van der Waals surface area (Å²) in [5.74, 6) is 0. The highest BCUT2D eigenvalue weighted by Crippen LogP contribution is 2.29. The lowest BCUT2D eigenvalue weighted by atomic mass is 10.1. The lowest BCUT2D eigenvalue weighted by Crippen LogP contribution is -2.45. The average molecular weight is 255 g/mol. The van der Waals surface area contributed by atoms with Gasteiger partial charge in [0.2, 0.25) is 0 Å². The lowest BCUT2D eigenvalue weighted by molar-refractivity contribution is 0.203. The van der Waals surface area contributed by atoms with Gasteiger partial charge in [0.05, 0.1) is 11.0 Å². The zero-order valence-corrected chi connectivity index (χ0v) is 11.6. The van der Waals surface area contributed by atoms with Crippen LogP contribution in [0.1, 0.15) is 30.7 Å². The van der Waals surface area contributed by atoms with Crippen molar-refractivity contribution >= 4 is 16.5 Å². The molecule has 1 N–H and O–H groups in total. The number of hydrogen-bond donors (Lipinski definition) is 1. The summed E-state index contributed by atoms with van der Waals surface area (Å²) < 4.78 is 0. The summed E-state index contributed by atoms with van der Waals surface area (Å²) in [7, 11) is 4.28. The summed E-state index contributed by atoms with van der Waals surface area (Å²) in [5, 5.41) is 10.5. The van der Waals surface area contributed by atoms with Crippen molar-refractivity contribution in [1.82, 2.24) is 9.88 Å². The van der Waals surface area contributed by atoms with Gasteiger partial charge in [0.25, 0.3) is 0 Å². The smallest absolute Gasteiger partial charge is 0.185 e. The average Bonchev–Trinajstić information content (AvgIpc) is 2.77. The molecule has 0 aromatic carbocycles. The molecule has 0 spiro atoms. The van der Waals surface area contributed by atoms with E-state index in [0.717, 1.165) is 16.6 Å². The van der Waals surface area contributed by atoms with Crippen molar-refractivity contribution in [2.24, 2.45) is 0 Å². The molecule has 0 radical (unpaired) electrons. The number of rotatable bonds is 3. The quantitative estimate of drug-likeness (QED) is 0.893. The first-order valence-electron chi connectivity index (χ1n) is 6.13. The number of aliphatic hydroxyl groups is 1. The zero-order chi connectivity index (χ0) is 12.4. The number of hydrogen-bond acceptors (Lipinski definition) is 5. The molecule has 1 aromatic rings. The molecule has 4 nitrogen and oxygen atoms in total. The van der Waals surface area contributed by atoms with Crippen LogP contribution < -0.4 is 4.90 Å². The van der Waals surface area contributed by atoms with Gasteiger partial charge in [-0.3, -0.25) is 0 Å². The first-order chi connectivity index (χ1) is 8.08. The third-order valence-electron chi connectivity index (χ3n) is 3.37. The Kier molecular flexibility index (Phi) is 4.01. The molecule has 1 aliphatic rings. The van der Waals surface area contributed by atoms with Gasteiger partial charge in [-0.2, -0.15) is 0 Å². The Bertz CT molecular complexity index is 366. The number of likely N-dealkylation sites (N-methyl/N-ethyl adjacent to an activating group) is 2. The SMILES string of the molecule is CC(O)c1cnc(N(C)C2CCCN(C)C2)s1. The monoisotopic (exact) mass is 255 g/mol. The van der Waals surface area contributed by atoms with Crippen molar-refractivity contribution in [3.63, 3.8) is 0 Å². The van der Waals surface area contributed by atoms with Gasteiger partial charge in [0.15, 0.2) is 5.13 Å². The fraction of sp³-hybridized carbons (Fsp3) is 0.750. The molecule has 2 unspecified atom stereocenters. The third kappa shape index (κ3) is 2.97. The summed E-state index contributed by atoms with van der Waals surface area (Å²) >= 11 is 1.59. The van der Waals surface area contributed by atoms with Crippen LogP contribution in [0, 0.1) is 0 Å². The van der Waals surface area contributed by atoms with Gasteiger partial charge in [-0.1, -0.05) is 11.3 Å². The molecule has 17 heavy (non-hydrogen) atoms. The van der Waals surface area contributed by atoms with E-state index in [4.69, 9.17) is 0 Å². The van der Waals surface area contributed by atoms with Crippen LogP contribution in [0.25, 0.3) is 0 Å². The predicted octanol–water partition coefficient (Wildman–Crippen LogP) is 1.73. The van der Waals surface area contributed by atoms with Crippen LogP contribution in [0.2, 0.25) is 0 Å². The Labute approximate surface area is 107 Å². The van der Waals surface area contributed by atoms with Crippen LogP contribution in [0.5, 0.6) is 0 Å². The first kappa shape index (κ1) is 12.8. The van der Waals surface area contributed by atoms with Crippen LogP contribution in [0.3, 0.4) is 0 Å². The van der Waals surface area contributed by atoms with Crippen molar-refractivity contribution in [3.8, 4) is 0 Å². The van der Waals surface area contributed by atoms with Crippen LogP contribution in [0.4, 0.5) is 5.13 Å². The minimum Gasteiger partial charge on any atom is -0.388 e. The van der Waals surface area contributed by atoms with Crippen LogP contribution in [0.15, 0.2) is 6.20 Å². The summed E-state index contributed by atoms with van der Waals surface area (Å²) in [5.41, 5.74) is 0. The number of likely N-dealkylation sites (tertiary alicyclic amines) is 1. The molecule has 0 bridgehead atoms. The Hall–Kier alpha value is -0.650. The highest BCUT2D eigenvalue weighted by atomic mass is 32.1. The van der Waals surface area contributed by atoms with Crippen molar-refractivity contribution in [2.75, 3.05) is 32.1 Å². The van der Waals surface area contributed by atoms with E-state index in [-0.39, 0.29) is 0 Å². The minimum absolute atomic E-state index is 0.413. The van der Waals surface area contributed by atoms with E-state index in [1.807, 2.05) is 0 Å². The second kappa shape index (κ2) is 5.33. The van der Waals surface area contributed by atoms with Crippen LogP contribution >= 0.6 is 11.3 Å². The summed E-state index contributed by atoms with van der Waals surface area (Å²) in [6, 6.07) is 0.543. The molecule has 0 aliphatic carbocycles. The van der Waals surface area contributed by atoms with E-state index in [1.54, 1.807) is 24.5 Å². The maximum atomic E-state index is 9.51. The van der Waals surface area contributed by atoms with Gasteiger partial charge in [-0.05, 0) is 33.4 Å². The highest BCUT2D eigenvalue weighted by molar-refractivity contribution is 7.15. The van der Waals surface area contributed by atoms with E-state index < -0.39 is 6.10 Å². The fourth-order valence-corrected chi connectivity index (χ4v) is 3.13. The Morgan fingerprint density at radius 1 is 1.65 bits per heavy atom. The molecule has 1 aliphatic heterocycles. The largest absolute Gasteiger partial charge is 0.388 e. The number of anilines is 1. The van der Waals surface area contributed by atoms with E-state index >= 15 is 0 Å². The van der Waals surface area contributed by atoms with Gasteiger partial charge in [0.1, 0.15) is 0 Å². The molecule has 96 valence electrons. The Morgan fingerprint density at radius 2 is 2.41 bits per heavy atom. The number of nitrogens with zero attached hydrogens (tertiary/aromatic N) is 3. The first-order valence-corrected chi connectivity index (χ1v) is 6.94. The van der Waals surface area contributed by atoms with Crippen molar-refractivity contribution in [2.45, 2.75) is 31.9 Å². The van der Waals surface area contributed by atoms with Crippen molar-refractivity contribution in [1.29, 1.82) is 0 Å². The van der Waals surface area contributed by atoms with Gasteiger partial charge in [-0.25, -0.2) is 4.98 Å². The second-order valence-electron chi connectivity index (χ2n) is 4.89. The highest BCUT2D eigenvalue weighted by Gasteiger charge is 2.23. The lowest BCUT2D eigenvalue weighted by Gasteiger charge is -2.35. The molecular weight excluding hydrogens is 234 g/mol. The molecular formula is C12H21N3OS. The third-order valence-corrected chi connectivity index (χ3v) is 4.63. The molecule has 1 aromatic heterocycles. The fourth-order valence-electron chi connectivity index (χ4n) is 2.24. The molecule has 1 fully saturated rings. The summed E-state index contributed by atoms with van der Waals surface area (Å²) in [6.07, 6.45) is 3.85. The summed E-state index contributed by atoms with van der Waals surface area (Å²) in [4.78, 5) is 9.97. The standard InChI is InChI=1S/C12H21N3OS/c1-9(16)11-7-13-12(17-11)15(3)10-5-4-6-14(2)8-10/h7,9-10,16H,4-6,8H2,1-3H3. The molecule has 1 saturated heterocycles. The van der Waals surface area contributed by atoms with Crippen molar-refractivity contribution in [3.05, 3.63) is 11.1 Å². The number of aromatic nitrogens is 1.